The standard InChI is InChI=1S/C8H11BrO2/c1-3-5-6-7(9)8(10)11-4-2/h3,5-6H,4H2,1-2H3. The molecule has 0 unspecified atom stereocenters. The van der Waals surface area contributed by atoms with Crippen molar-refractivity contribution < 1.29 is 9.53 Å². The predicted octanol–water partition coefficient (Wildman–Crippen LogP) is 2.40. The van der Waals surface area contributed by atoms with E-state index in [9.17, 15) is 4.79 Å². The molecule has 0 amide bonds. The van der Waals surface area contributed by atoms with Gasteiger partial charge in [-0.05, 0) is 35.9 Å². The van der Waals surface area contributed by atoms with Crippen LogP contribution in [0.5, 0.6) is 0 Å². The monoisotopic (exact) mass is 218 g/mol. The molecule has 0 rings (SSSR count). The molecule has 0 atom stereocenters. The normalized spacial score (nSPS) is 12.1. The Labute approximate surface area is 75.1 Å². The van der Waals surface area contributed by atoms with Crippen LogP contribution in [0, 0.1) is 0 Å². The van der Waals surface area contributed by atoms with Crippen LogP contribution < -0.4 is 0 Å². The van der Waals surface area contributed by atoms with Crippen molar-refractivity contribution in [3.8, 4) is 0 Å². The van der Waals surface area contributed by atoms with E-state index in [1.165, 1.54) is 0 Å². The maximum atomic E-state index is 10.9. The molecule has 0 spiro atoms. The summed E-state index contributed by atoms with van der Waals surface area (Å²) in [6.45, 7) is 4.05. The van der Waals surface area contributed by atoms with Crippen LogP contribution in [0.15, 0.2) is 22.7 Å². The van der Waals surface area contributed by atoms with Gasteiger partial charge in [-0.3, -0.25) is 0 Å². The van der Waals surface area contributed by atoms with Crippen LogP contribution >= 0.6 is 15.9 Å². The van der Waals surface area contributed by atoms with Crippen LogP contribution in [0.2, 0.25) is 0 Å². The van der Waals surface area contributed by atoms with Gasteiger partial charge in [-0.2, -0.15) is 0 Å². The summed E-state index contributed by atoms with van der Waals surface area (Å²) in [7, 11) is 0. The molecule has 3 heteroatoms. The van der Waals surface area contributed by atoms with Crippen molar-refractivity contribution >= 4 is 21.9 Å². The van der Waals surface area contributed by atoms with E-state index in [1.807, 2.05) is 13.0 Å². The number of rotatable bonds is 3. The molecule has 11 heavy (non-hydrogen) atoms. The van der Waals surface area contributed by atoms with Crippen LogP contribution in [0.3, 0.4) is 0 Å². The maximum Gasteiger partial charge on any atom is 0.345 e. The Morgan fingerprint density at radius 2 is 2.27 bits per heavy atom. The van der Waals surface area contributed by atoms with Crippen LogP contribution in [0.25, 0.3) is 0 Å². The van der Waals surface area contributed by atoms with Crippen LogP contribution in [-0.2, 0) is 9.53 Å². The summed E-state index contributed by atoms with van der Waals surface area (Å²) in [5.41, 5.74) is 0. The molecule has 2 nitrogen and oxygen atoms in total. The fourth-order valence-corrected chi connectivity index (χ4v) is 0.716. The lowest BCUT2D eigenvalue weighted by molar-refractivity contribution is -0.137. The first-order valence-electron chi connectivity index (χ1n) is 3.38. The van der Waals surface area contributed by atoms with Gasteiger partial charge in [0.05, 0.1) is 6.61 Å². The van der Waals surface area contributed by atoms with E-state index in [4.69, 9.17) is 4.74 Å². The molecule has 0 radical (unpaired) electrons. The van der Waals surface area contributed by atoms with Crippen LogP contribution in [-0.4, -0.2) is 12.6 Å². The van der Waals surface area contributed by atoms with E-state index in [0.717, 1.165) is 0 Å². The first kappa shape index (κ1) is 10.4. The van der Waals surface area contributed by atoms with Gasteiger partial charge in [-0.1, -0.05) is 12.2 Å². The van der Waals surface area contributed by atoms with Gasteiger partial charge in [0, 0.05) is 0 Å². The van der Waals surface area contributed by atoms with Crippen molar-refractivity contribution in [2.75, 3.05) is 6.61 Å². The number of esters is 1. The number of ether oxygens (including phenoxy) is 1. The lowest BCUT2D eigenvalue weighted by atomic mass is 10.4. The predicted molar refractivity (Wildman–Crippen MR) is 48.5 cm³/mol. The first-order valence-corrected chi connectivity index (χ1v) is 4.17. The molecular formula is C8H11BrO2. The molecule has 0 aromatic rings. The van der Waals surface area contributed by atoms with Crippen molar-refractivity contribution in [3.05, 3.63) is 22.7 Å². The number of carbonyl (C=O) groups excluding carboxylic acids is 1. The second-order valence-electron chi connectivity index (χ2n) is 1.76. The Balaban J connectivity index is 4.00. The van der Waals surface area contributed by atoms with E-state index in [1.54, 1.807) is 19.1 Å². The number of hydrogen-bond acceptors (Lipinski definition) is 2. The fraction of sp³-hybridized carbons (Fsp3) is 0.375. The summed E-state index contributed by atoms with van der Waals surface area (Å²) in [4.78, 5) is 10.9. The number of hydrogen-bond donors (Lipinski definition) is 0. The molecule has 0 N–H and O–H groups in total. The summed E-state index contributed by atoms with van der Waals surface area (Å²) in [6, 6.07) is 0. The molecule has 0 aromatic carbocycles. The molecule has 0 aromatic heterocycles. The zero-order valence-corrected chi connectivity index (χ0v) is 8.22. The lowest BCUT2D eigenvalue weighted by Crippen LogP contribution is -2.02. The van der Waals surface area contributed by atoms with E-state index in [-0.39, 0.29) is 5.97 Å². The van der Waals surface area contributed by atoms with Crippen molar-refractivity contribution in [1.82, 2.24) is 0 Å². The number of carbonyl (C=O) groups is 1. The van der Waals surface area contributed by atoms with Gasteiger partial charge in [0.1, 0.15) is 4.48 Å². The topological polar surface area (TPSA) is 26.3 Å². The highest BCUT2D eigenvalue weighted by Gasteiger charge is 2.03. The van der Waals surface area contributed by atoms with Crippen LogP contribution in [0.4, 0.5) is 0 Å². The van der Waals surface area contributed by atoms with Crippen LogP contribution in [0.1, 0.15) is 13.8 Å². The number of allylic oxidation sites excluding steroid dienone is 3. The molecule has 0 bridgehead atoms. The molecular weight excluding hydrogens is 208 g/mol. The van der Waals surface area contributed by atoms with Gasteiger partial charge in [-0.25, -0.2) is 4.79 Å². The molecule has 0 fully saturated rings. The van der Waals surface area contributed by atoms with Gasteiger partial charge in [0.25, 0.3) is 0 Å². The molecule has 0 aliphatic carbocycles. The molecule has 0 saturated carbocycles. The van der Waals surface area contributed by atoms with E-state index >= 15 is 0 Å². The molecule has 0 heterocycles. The fourth-order valence-electron chi connectivity index (χ4n) is 0.449. The minimum Gasteiger partial charge on any atom is -0.462 e. The molecule has 0 aliphatic rings. The Bertz CT molecular complexity index is 183. The summed E-state index contributed by atoms with van der Waals surface area (Å²) < 4.78 is 5.15. The quantitative estimate of drug-likeness (QED) is 0.414. The molecule has 62 valence electrons. The van der Waals surface area contributed by atoms with E-state index in [0.29, 0.717) is 11.1 Å². The van der Waals surface area contributed by atoms with Crippen molar-refractivity contribution in [3.63, 3.8) is 0 Å². The minimum absolute atomic E-state index is 0.328. The number of halogens is 1. The third-order valence-electron chi connectivity index (χ3n) is 0.905. The second-order valence-corrected chi connectivity index (χ2v) is 2.62. The third-order valence-corrected chi connectivity index (χ3v) is 1.49. The van der Waals surface area contributed by atoms with Crippen molar-refractivity contribution in [2.24, 2.45) is 0 Å². The highest BCUT2D eigenvalue weighted by Crippen LogP contribution is 2.06. The Morgan fingerprint density at radius 3 is 2.73 bits per heavy atom. The van der Waals surface area contributed by atoms with Gasteiger partial charge in [0.15, 0.2) is 0 Å². The highest BCUT2D eigenvalue weighted by molar-refractivity contribution is 9.12. The van der Waals surface area contributed by atoms with Crippen molar-refractivity contribution in [2.45, 2.75) is 13.8 Å². The average molecular weight is 219 g/mol. The zero-order chi connectivity index (χ0) is 8.69. The van der Waals surface area contributed by atoms with E-state index in [2.05, 4.69) is 15.9 Å². The van der Waals surface area contributed by atoms with E-state index < -0.39 is 0 Å². The molecule has 0 aliphatic heterocycles. The van der Waals surface area contributed by atoms with Gasteiger partial charge >= 0.3 is 5.97 Å². The highest BCUT2D eigenvalue weighted by atomic mass is 79.9. The Kier molecular flexibility index (Phi) is 5.84. The SMILES string of the molecule is CC=CC=C(Br)C(=O)OCC. The van der Waals surface area contributed by atoms with Crippen molar-refractivity contribution in [1.29, 1.82) is 0 Å². The summed E-state index contributed by atoms with van der Waals surface area (Å²) in [5.74, 6) is -0.328. The van der Waals surface area contributed by atoms with Gasteiger partial charge in [-0.15, -0.1) is 0 Å². The largest absolute Gasteiger partial charge is 0.462 e. The minimum atomic E-state index is -0.328. The average Bonchev–Trinajstić information content (AvgIpc) is 2.00. The second kappa shape index (κ2) is 6.16. The molecule has 0 saturated heterocycles. The van der Waals surface area contributed by atoms with Gasteiger partial charge in [0.2, 0.25) is 0 Å². The Hall–Kier alpha value is -0.570. The third kappa shape index (κ3) is 4.79. The smallest absolute Gasteiger partial charge is 0.345 e. The first-order chi connectivity index (χ1) is 5.22. The summed E-state index contributed by atoms with van der Waals surface area (Å²) in [5, 5.41) is 0. The lowest BCUT2D eigenvalue weighted by Gasteiger charge is -1.97. The Morgan fingerprint density at radius 1 is 1.64 bits per heavy atom. The maximum absolute atomic E-state index is 10.9. The zero-order valence-electron chi connectivity index (χ0n) is 6.63. The van der Waals surface area contributed by atoms with Gasteiger partial charge < -0.3 is 4.74 Å². The summed E-state index contributed by atoms with van der Waals surface area (Å²) >= 11 is 3.08. The summed E-state index contributed by atoms with van der Waals surface area (Å²) in [6.07, 6.45) is 5.25.